The Balaban J connectivity index is 1.41. The number of nitrogens with zero attached hydrogens (tertiary/aromatic N) is 2. The van der Waals surface area contributed by atoms with Crippen LogP contribution in [-0.4, -0.2) is 43.2 Å². The highest BCUT2D eigenvalue weighted by molar-refractivity contribution is 5.76. The van der Waals surface area contributed by atoms with E-state index in [0.29, 0.717) is 30.0 Å². The number of carbonyl (C=O) groups excluding carboxylic acids is 1. The van der Waals surface area contributed by atoms with Crippen LogP contribution in [0.2, 0.25) is 0 Å². The first-order valence-electron chi connectivity index (χ1n) is 9.42. The fourth-order valence-electron chi connectivity index (χ4n) is 3.73. The lowest BCUT2D eigenvalue weighted by Gasteiger charge is -2.32. The van der Waals surface area contributed by atoms with Crippen LogP contribution >= 0.6 is 0 Å². The number of halogens is 1. The van der Waals surface area contributed by atoms with Crippen LogP contribution in [0, 0.1) is 23.1 Å². The van der Waals surface area contributed by atoms with Gasteiger partial charge in [0, 0.05) is 37.8 Å². The van der Waals surface area contributed by atoms with Gasteiger partial charge in [-0.3, -0.25) is 9.69 Å². The summed E-state index contributed by atoms with van der Waals surface area (Å²) in [5.41, 5.74) is 0.972. The largest absolute Gasteiger partial charge is 0.381 e. The number of nitriles is 1. The molecule has 2 saturated heterocycles. The quantitative estimate of drug-likeness (QED) is 0.878. The van der Waals surface area contributed by atoms with Crippen LogP contribution in [-0.2, 0) is 16.1 Å². The fourth-order valence-corrected chi connectivity index (χ4v) is 3.73. The Kier molecular flexibility index (Phi) is 6.59. The molecule has 0 bridgehead atoms. The molecule has 3 rings (SSSR count). The van der Waals surface area contributed by atoms with E-state index in [0.717, 1.165) is 52.0 Å². The average molecular weight is 359 g/mol. The number of carbonyl (C=O) groups is 1. The molecular formula is C20H26FN3O2. The summed E-state index contributed by atoms with van der Waals surface area (Å²) in [7, 11) is 0. The molecule has 5 nitrogen and oxygen atoms in total. The Morgan fingerprint density at radius 1 is 1.27 bits per heavy atom. The molecule has 2 aliphatic rings. The van der Waals surface area contributed by atoms with Gasteiger partial charge in [-0.1, -0.05) is 6.07 Å². The highest BCUT2D eigenvalue weighted by Crippen LogP contribution is 2.23. The van der Waals surface area contributed by atoms with Crippen LogP contribution in [0.3, 0.4) is 0 Å². The molecule has 0 radical (unpaired) electrons. The van der Waals surface area contributed by atoms with E-state index >= 15 is 0 Å². The molecular weight excluding hydrogens is 333 g/mol. The molecule has 0 spiro atoms. The molecule has 1 aromatic rings. The molecule has 1 aromatic carbocycles. The van der Waals surface area contributed by atoms with Gasteiger partial charge in [0.05, 0.1) is 11.6 Å². The molecule has 140 valence electrons. The number of likely N-dealkylation sites (tertiary alicyclic amines) is 1. The summed E-state index contributed by atoms with van der Waals surface area (Å²) in [4.78, 5) is 14.4. The second-order valence-electron chi connectivity index (χ2n) is 7.30. The number of hydrogen-bond donors (Lipinski definition) is 1. The minimum absolute atomic E-state index is 0.147. The molecule has 2 aliphatic heterocycles. The first-order chi connectivity index (χ1) is 12.6. The highest BCUT2D eigenvalue weighted by atomic mass is 19.1. The molecule has 2 heterocycles. The van der Waals surface area contributed by atoms with Crippen LogP contribution in [0.5, 0.6) is 0 Å². The van der Waals surface area contributed by atoms with Gasteiger partial charge in [-0.15, -0.1) is 0 Å². The minimum atomic E-state index is -0.318. The van der Waals surface area contributed by atoms with Gasteiger partial charge in [0.1, 0.15) is 5.82 Å². The summed E-state index contributed by atoms with van der Waals surface area (Å²) < 4.78 is 19.3. The van der Waals surface area contributed by atoms with Crippen molar-refractivity contribution in [2.24, 2.45) is 5.92 Å². The van der Waals surface area contributed by atoms with Crippen molar-refractivity contribution >= 4 is 5.91 Å². The van der Waals surface area contributed by atoms with Gasteiger partial charge >= 0.3 is 0 Å². The van der Waals surface area contributed by atoms with Crippen molar-refractivity contribution in [1.29, 1.82) is 5.26 Å². The lowest BCUT2D eigenvalue weighted by Crippen LogP contribution is -2.41. The van der Waals surface area contributed by atoms with E-state index in [4.69, 9.17) is 10.00 Å². The molecule has 0 unspecified atom stereocenters. The van der Waals surface area contributed by atoms with Crippen molar-refractivity contribution in [3.63, 3.8) is 0 Å². The summed E-state index contributed by atoms with van der Waals surface area (Å²) in [6.07, 6.45) is 4.30. The second-order valence-corrected chi connectivity index (χ2v) is 7.30. The Morgan fingerprint density at radius 2 is 2.00 bits per heavy atom. The zero-order valence-electron chi connectivity index (χ0n) is 15.0. The molecule has 2 fully saturated rings. The summed E-state index contributed by atoms with van der Waals surface area (Å²) in [6, 6.07) is 6.86. The van der Waals surface area contributed by atoms with Crippen LogP contribution in [0.15, 0.2) is 18.2 Å². The zero-order valence-corrected chi connectivity index (χ0v) is 15.0. The standard InChI is InChI=1S/C20H26FN3O2/c21-19-11-16(13-22)1-2-17(19)14-24-7-3-15(4-8-24)12-20(25)23-18-5-9-26-10-6-18/h1-2,11,15,18H,3-10,12,14H2,(H,23,25). The maximum absolute atomic E-state index is 14.0. The van der Waals surface area contributed by atoms with E-state index in [1.54, 1.807) is 12.1 Å². The minimum Gasteiger partial charge on any atom is -0.381 e. The van der Waals surface area contributed by atoms with E-state index in [1.807, 2.05) is 6.07 Å². The number of piperidine rings is 1. The average Bonchev–Trinajstić information content (AvgIpc) is 2.65. The number of amides is 1. The van der Waals surface area contributed by atoms with Gasteiger partial charge in [0.25, 0.3) is 0 Å². The smallest absolute Gasteiger partial charge is 0.220 e. The molecule has 0 aromatic heterocycles. The fraction of sp³-hybridized carbons (Fsp3) is 0.600. The zero-order chi connectivity index (χ0) is 18.4. The summed E-state index contributed by atoms with van der Waals surface area (Å²) in [6.45, 7) is 3.76. The van der Waals surface area contributed by atoms with Gasteiger partial charge in [-0.2, -0.15) is 5.26 Å². The number of rotatable bonds is 5. The maximum atomic E-state index is 14.0. The lowest BCUT2D eigenvalue weighted by atomic mass is 9.92. The summed E-state index contributed by atoms with van der Waals surface area (Å²) >= 11 is 0. The molecule has 1 N–H and O–H groups in total. The van der Waals surface area contributed by atoms with Crippen LogP contribution in [0.1, 0.15) is 43.2 Å². The number of ether oxygens (including phenoxy) is 1. The van der Waals surface area contributed by atoms with Crippen molar-refractivity contribution in [2.45, 2.75) is 44.7 Å². The van der Waals surface area contributed by atoms with Gasteiger partial charge in [-0.05, 0) is 56.8 Å². The third kappa shape index (κ3) is 5.26. The Morgan fingerprint density at radius 3 is 2.65 bits per heavy atom. The van der Waals surface area contributed by atoms with Crippen molar-refractivity contribution < 1.29 is 13.9 Å². The predicted molar refractivity (Wildman–Crippen MR) is 95.7 cm³/mol. The molecule has 26 heavy (non-hydrogen) atoms. The Hall–Kier alpha value is -1.97. The van der Waals surface area contributed by atoms with E-state index < -0.39 is 0 Å². The van der Waals surface area contributed by atoms with Gasteiger partial charge in [-0.25, -0.2) is 4.39 Å². The first-order valence-corrected chi connectivity index (χ1v) is 9.42. The molecule has 6 heteroatoms. The Bertz CT molecular complexity index is 660. The van der Waals surface area contributed by atoms with Crippen molar-refractivity contribution in [3.05, 3.63) is 35.1 Å². The van der Waals surface area contributed by atoms with Crippen molar-refractivity contribution in [3.8, 4) is 6.07 Å². The number of nitrogens with one attached hydrogen (secondary N) is 1. The number of hydrogen-bond acceptors (Lipinski definition) is 4. The first kappa shape index (κ1) is 18.8. The SMILES string of the molecule is N#Cc1ccc(CN2CCC(CC(=O)NC3CCOCC3)CC2)c(F)c1. The van der Waals surface area contributed by atoms with Gasteiger partial charge in [0.15, 0.2) is 0 Å². The normalized spacial score (nSPS) is 19.8. The molecule has 0 aliphatic carbocycles. The van der Waals surface area contributed by atoms with Crippen molar-refractivity contribution in [2.75, 3.05) is 26.3 Å². The van der Waals surface area contributed by atoms with E-state index in [-0.39, 0.29) is 17.8 Å². The molecule has 0 atom stereocenters. The van der Waals surface area contributed by atoms with Gasteiger partial charge < -0.3 is 10.1 Å². The van der Waals surface area contributed by atoms with Gasteiger partial charge in [0.2, 0.25) is 5.91 Å². The van der Waals surface area contributed by atoms with E-state index in [9.17, 15) is 9.18 Å². The summed E-state index contributed by atoms with van der Waals surface area (Å²) in [5, 5.41) is 11.9. The second kappa shape index (κ2) is 9.11. The number of benzene rings is 1. The monoisotopic (exact) mass is 359 g/mol. The summed E-state index contributed by atoms with van der Waals surface area (Å²) in [5.74, 6) is 0.229. The van der Waals surface area contributed by atoms with Crippen LogP contribution in [0.4, 0.5) is 4.39 Å². The third-order valence-corrected chi connectivity index (χ3v) is 5.34. The topological polar surface area (TPSA) is 65.4 Å². The lowest BCUT2D eigenvalue weighted by molar-refractivity contribution is -0.123. The third-order valence-electron chi connectivity index (χ3n) is 5.34. The predicted octanol–water partition coefficient (Wildman–Crippen LogP) is 2.59. The Labute approximate surface area is 154 Å². The maximum Gasteiger partial charge on any atom is 0.220 e. The van der Waals surface area contributed by atoms with Crippen LogP contribution in [0.25, 0.3) is 0 Å². The van der Waals surface area contributed by atoms with E-state index in [1.165, 1.54) is 6.07 Å². The molecule has 0 saturated carbocycles. The van der Waals surface area contributed by atoms with E-state index in [2.05, 4.69) is 10.2 Å². The highest BCUT2D eigenvalue weighted by Gasteiger charge is 2.23. The molecule has 1 amide bonds. The van der Waals surface area contributed by atoms with Crippen molar-refractivity contribution in [1.82, 2.24) is 10.2 Å². The van der Waals surface area contributed by atoms with Crippen LogP contribution < -0.4 is 5.32 Å².